The van der Waals surface area contributed by atoms with Gasteiger partial charge >= 0.3 is 0 Å². The van der Waals surface area contributed by atoms with Gasteiger partial charge in [-0.15, -0.1) is 0 Å². The van der Waals surface area contributed by atoms with Gasteiger partial charge in [-0.05, 0) is 85.0 Å². The summed E-state index contributed by atoms with van der Waals surface area (Å²) in [6.45, 7) is 2.54. The Hall–Kier alpha value is -1.18. The van der Waals surface area contributed by atoms with Crippen molar-refractivity contribution in [1.82, 2.24) is 0 Å². The van der Waals surface area contributed by atoms with Crippen molar-refractivity contribution in [3.8, 4) is 11.5 Å². The topological polar surface area (TPSA) is 29.5 Å². The van der Waals surface area contributed by atoms with Crippen molar-refractivity contribution < 1.29 is 9.84 Å². The van der Waals surface area contributed by atoms with E-state index in [0.717, 1.165) is 18.3 Å². The van der Waals surface area contributed by atoms with Gasteiger partial charge in [0.15, 0.2) is 11.5 Å². The number of hydrogen-bond acceptors (Lipinski definition) is 2. The molecule has 2 saturated carbocycles. The van der Waals surface area contributed by atoms with E-state index in [0.29, 0.717) is 22.8 Å². The van der Waals surface area contributed by atoms with Gasteiger partial charge in [0.1, 0.15) is 0 Å². The summed E-state index contributed by atoms with van der Waals surface area (Å²) >= 11 is 0. The lowest BCUT2D eigenvalue weighted by atomic mass is 9.56. The second-order valence-electron chi connectivity index (χ2n) is 7.72. The fourth-order valence-electron chi connectivity index (χ4n) is 5.74. The molecule has 1 N–H and O–H groups in total. The number of ether oxygens (including phenoxy) is 1. The van der Waals surface area contributed by atoms with E-state index in [-0.39, 0.29) is 0 Å². The normalized spacial score (nSPS) is 37.5. The van der Waals surface area contributed by atoms with Crippen LogP contribution < -0.4 is 4.74 Å². The highest BCUT2D eigenvalue weighted by Gasteiger charge is 2.50. The van der Waals surface area contributed by atoms with Crippen molar-refractivity contribution in [3.63, 3.8) is 0 Å². The molecule has 4 atom stereocenters. The highest BCUT2D eigenvalue weighted by molar-refractivity contribution is 5.49. The molecular formula is C19H26O2. The van der Waals surface area contributed by atoms with Crippen molar-refractivity contribution in [1.29, 1.82) is 0 Å². The second kappa shape index (κ2) is 4.66. The number of hydrogen-bond donors (Lipinski definition) is 1. The zero-order valence-corrected chi connectivity index (χ0v) is 13.2. The molecule has 2 nitrogen and oxygen atoms in total. The maximum atomic E-state index is 10.0. The van der Waals surface area contributed by atoms with Gasteiger partial charge in [-0.2, -0.15) is 0 Å². The SMILES string of the molecule is COc1cc2c(cc1O)CC[C@@H]1[C@@H]2CC[C@]2(C)CCC[C@@H]12. The van der Waals surface area contributed by atoms with E-state index in [9.17, 15) is 5.11 Å². The molecule has 114 valence electrons. The van der Waals surface area contributed by atoms with Crippen LogP contribution in [0.1, 0.15) is 62.5 Å². The Morgan fingerprint density at radius 3 is 2.86 bits per heavy atom. The van der Waals surface area contributed by atoms with E-state index in [2.05, 4.69) is 13.0 Å². The predicted molar refractivity (Wildman–Crippen MR) is 83.9 cm³/mol. The zero-order valence-electron chi connectivity index (χ0n) is 13.2. The average molecular weight is 286 g/mol. The Bertz CT molecular complexity index is 565. The van der Waals surface area contributed by atoms with Gasteiger partial charge in [0.2, 0.25) is 0 Å². The number of aromatic hydroxyl groups is 1. The first-order valence-electron chi connectivity index (χ1n) is 8.52. The minimum atomic E-state index is 0.302. The first-order valence-corrected chi connectivity index (χ1v) is 8.52. The molecule has 2 fully saturated rings. The van der Waals surface area contributed by atoms with Crippen LogP contribution in [0.2, 0.25) is 0 Å². The van der Waals surface area contributed by atoms with Crippen molar-refractivity contribution >= 4 is 0 Å². The van der Waals surface area contributed by atoms with Crippen molar-refractivity contribution in [2.45, 2.75) is 57.8 Å². The summed E-state index contributed by atoms with van der Waals surface area (Å²) < 4.78 is 5.35. The van der Waals surface area contributed by atoms with Crippen LogP contribution in [0, 0.1) is 17.3 Å². The van der Waals surface area contributed by atoms with Crippen LogP contribution in [0.3, 0.4) is 0 Å². The van der Waals surface area contributed by atoms with Gasteiger partial charge in [-0.25, -0.2) is 0 Å². The summed E-state index contributed by atoms with van der Waals surface area (Å²) in [4.78, 5) is 0. The van der Waals surface area contributed by atoms with Crippen LogP contribution in [-0.2, 0) is 6.42 Å². The molecule has 0 aromatic heterocycles. The molecule has 0 heterocycles. The van der Waals surface area contributed by atoms with Gasteiger partial charge in [-0.1, -0.05) is 13.3 Å². The predicted octanol–water partition coefficient (Wildman–Crippen LogP) is 4.65. The van der Waals surface area contributed by atoms with E-state index >= 15 is 0 Å². The highest BCUT2D eigenvalue weighted by Crippen LogP contribution is 2.61. The summed E-state index contributed by atoms with van der Waals surface area (Å²) in [5, 5.41) is 10.0. The molecule has 0 spiro atoms. The van der Waals surface area contributed by atoms with Gasteiger partial charge in [0, 0.05) is 0 Å². The number of fused-ring (bicyclic) bond motifs is 5. The molecule has 0 bridgehead atoms. The second-order valence-corrected chi connectivity index (χ2v) is 7.72. The largest absolute Gasteiger partial charge is 0.504 e. The number of phenols is 1. The van der Waals surface area contributed by atoms with Gasteiger partial charge in [-0.3, -0.25) is 0 Å². The molecule has 3 aliphatic rings. The smallest absolute Gasteiger partial charge is 0.160 e. The Balaban J connectivity index is 1.73. The van der Waals surface area contributed by atoms with Crippen molar-refractivity contribution in [2.24, 2.45) is 17.3 Å². The molecule has 0 unspecified atom stereocenters. The maximum Gasteiger partial charge on any atom is 0.160 e. The number of phenolic OH excluding ortho intramolecular Hbond substituents is 1. The quantitative estimate of drug-likeness (QED) is 0.814. The first kappa shape index (κ1) is 13.5. The summed E-state index contributed by atoms with van der Waals surface area (Å²) in [7, 11) is 1.65. The summed E-state index contributed by atoms with van der Waals surface area (Å²) in [6.07, 6.45) is 9.43. The van der Waals surface area contributed by atoms with Gasteiger partial charge < -0.3 is 9.84 Å². The van der Waals surface area contributed by atoms with Crippen LogP contribution in [0.4, 0.5) is 0 Å². The van der Waals surface area contributed by atoms with E-state index in [1.165, 1.54) is 49.7 Å². The summed E-state index contributed by atoms with van der Waals surface area (Å²) in [6, 6.07) is 4.08. The summed E-state index contributed by atoms with van der Waals surface area (Å²) in [5.41, 5.74) is 3.44. The summed E-state index contributed by atoms with van der Waals surface area (Å²) in [5.74, 6) is 3.42. The molecule has 3 aliphatic carbocycles. The minimum absolute atomic E-state index is 0.302. The number of methoxy groups -OCH3 is 1. The van der Waals surface area contributed by atoms with Crippen molar-refractivity contribution in [3.05, 3.63) is 23.3 Å². The Morgan fingerprint density at radius 2 is 2.05 bits per heavy atom. The molecule has 21 heavy (non-hydrogen) atoms. The highest BCUT2D eigenvalue weighted by atomic mass is 16.5. The third kappa shape index (κ3) is 1.91. The lowest BCUT2D eigenvalue weighted by molar-refractivity contribution is 0.0597. The fourth-order valence-corrected chi connectivity index (χ4v) is 5.74. The Kier molecular flexibility index (Phi) is 2.99. The standard InChI is InChI=1S/C19H26O2/c1-19-8-3-4-16(19)14-6-5-12-10-17(20)18(21-2)11-15(12)13(14)7-9-19/h10-11,13-14,16,20H,3-9H2,1-2H3/t13-,14+,16-,19-/m0/s1. The monoisotopic (exact) mass is 286 g/mol. The molecule has 1 aromatic rings. The molecular weight excluding hydrogens is 260 g/mol. The first-order chi connectivity index (χ1) is 10.1. The van der Waals surface area contributed by atoms with E-state index in [1.807, 2.05) is 6.07 Å². The molecule has 0 saturated heterocycles. The van der Waals surface area contributed by atoms with Crippen LogP contribution >= 0.6 is 0 Å². The Morgan fingerprint density at radius 1 is 1.19 bits per heavy atom. The molecule has 4 rings (SSSR count). The van der Waals surface area contributed by atoms with Crippen LogP contribution in [0.15, 0.2) is 12.1 Å². The molecule has 2 heteroatoms. The number of benzene rings is 1. The Labute approximate surface area is 127 Å². The van der Waals surface area contributed by atoms with Crippen molar-refractivity contribution in [2.75, 3.05) is 7.11 Å². The lowest BCUT2D eigenvalue weighted by Gasteiger charge is -2.49. The maximum absolute atomic E-state index is 10.0. The molecule has 0 amide bonds. The molecule has 1 aromatic carbocycles. The number of aryl methyl sites for hydroxylation is 1. The van der Waals surface area contributed by atoms with Gasteiger partial charge in [0.05, 0.1) is 7.11 Å². The van der Waals surface area contributed by atoms with E-state index in [1.54, 1.807) is 7.11 Å². The fraction of sp³-hybridized carbons (Fsp3) is 0.684. The van der Waals surface area contributed by atoms with Crippen LogP contribution in [0.25, 0.3) is 0 Å². The van der Waals surface area contributed by atoms with Gasteiger partial charge in [0.25, 0.3) is 0 Å². The average Bonchev–Trinajstić information content (AvgIpc) is 2.88. The molecule has 0 radical (unpaired) electrons. The van der Waals surface area contributed by atoms with Crippen LogP contribution in [-0.4, -0.2) is 12.2 Å². The number of rotatable bonds is 1. The zero-order chi connectivity index (χ0) is 14.6. The third-order valence-electron chi connectivity index (χ3n) is 6.81. The third-order valence-corrected chi connectivity index (χ3v) is 6.81. The molecule has 0 aliphatic heterocycles. The minimum Gasteiger partial charge on any atom is -0.504 e. The van der Waals surface area contributed by atoms with E-state index < -0.39 is 0 Å². The lowest BCUT2D eigenvalue weighted by Crippen LogP contribution is -2.39. The van der Waals surface area contributed by atoms with E-state index in [4.69, 9.17) is 4.74 Å². The van der Waals surface area contributed by atoms with Crippen LogP contribution in [0.5, 0.6) is 11.5 Å².